The average Bonchev–Trinajstić information content (AvgIpc) is 4.01. The quantitative estimate of drug-likeness (QED) is 0.0774. The van der Waals surface area contributed by atoms with Gasteiger partial charge < -0.3 is 36.3 Å². The van der Waals surface area contributed by atoms with E-state index in [4.69, 9.17) is 20.9 Å². The van der Waals surface area contributed by atoms with E-state index in [-0.39, 0.29) is 116 Å². The molecule has 0 amide bonds. The molecule has 28 nitrogen and oxygen atoms in total. The molecule has 0 saturated carbocycles. The summed E-state index contributed by atoms with van der Waals surface area (Å²) in [6.45, 7) is 3.22. The smallest absolute Gasteiger partial charge is 0.335 e. The minimum atomic E-state index is -1.34. The van der Waals surface area contributed by atoms with Gasteiger partial charge in [0.15, 0.2) is 34.6 Å². The van der Waals surface area contributed by atoms with Crippen LogP contribution in [0.1, 0.15) is 43.2 Å². The normalized spacial score (nSPS) is 11.1. The van der Waals surface area contributed by atoms with E-state index < -0.39 is 17.9 Å². The predicted octanol–water partition coefficient (Wildman–Crippen LogP) is 3.14. The van der Waals surface area contributed by atoms with Crippen molar-refractivity contribution in [3.05, 3.63) is 82.4 Å². The number of aromatic nitrogens is 11. The maximum atomic E-state index is 11.8. The van der Waals surface area contributed by atoms with Gasteiger partial charge in [-0.15, -0.1) is 20.5 Å². The van der Waals surface area contributed by atoms with E-state index >= 15 is 0 Å². The van der Waals surface area contributed by atoms with Gasteiger partial charge in [0.05, 0.1) is 46.3 Å². The molecule has 0 radical (unpaired) electrons. The van der Waals surface area contributed by atoms with E-state index in [1.807, 2.05) is 12.1 Å². The number of nitriles is 2. The summed E-state index contributed by atoms with van der Waals surface area (Å²) in [6.07, 6.45) is 2.30. The maximum absolute atomic E-state index is 11.8. The van der Waals surface area contributed by atoms with Crippen LogP contribution >= 0.6 is 0 Å². The van der Waals surface area contributed by atoms with Crippen molar-refractivity contribution in [2.75, 3.05) is 11.5 Å². The van der Waals surface area contributed by atoms with Gasteiger partial charge in [-0.05, 0) is 38.1 Å². The van der Waals surface area contributed by atoms with Gasteiger partial charge in [0.2, 0.25) is 0 Å². The molecule has 0 aliphatic heterocycles. The monoisotopic (exact) mass is 853 g/mol. The second-order valence-corrected chi connectivity index (χ2v) is 12.4. The summed E-state index contributed by atoms with van der Waals surface area (Å²) in [5, 5.41) is 82.8. The number of aromatic hydroxyl groups is 1. The Hall–Kier alpha value is -10.3. The first kappa shape index (κ1) is 40.9. The molecule has 0 fully saturated rings. The lowest BCUT2D eigenvalue weighted by atomic mass is 10.2. The number of benzene rings is 2. The molecular weight excluding hydrogens is 831 g/mol. The Balaban J connectivity index is 1.22. The van der Waals surface area contributed by atoms with E-state index in [0.717, 1.165) is 43.3 Å². The van der Waals surface area contributed by atoms with Crippen molar-refractivity contribution in [1.29, 1.82) is 10.5 Å². The SMILES string of the molecule is Cc1nn(-c2nc(O)nc(-n3nc(C)c(N=Nc4c(C#N)cnn4-c4cc(OC=O)cc(C(=O)O)c4)c3N)n2)c(N)c1N=Nc1c(C#N)cnn1-c1cc(OC=O)cc(C(=O)O)c1. The molecule has 7 N–H and O–H groups in total. The molecule has 0 atom stereocenters. The Labute approximate surface area is 348 Å². The summed E-state index contributed by atoms with van der Waals surface area (Å²) in [6, 6.07) is 10.2. The average molecular weight is 854 g/mol. The highest BCUT2D eigenvalue weighted by atomic mass is 16.5. The number of anilines is 2. The molecule has 0 unspecified atom stereocenters. The van der Waals surface area contributed by atoms with E-state index in [1.54, 1.807) is 0 Å². The Bertz CT molecular complexity index is 2980. The number of hydrogen-bond acceptors (Lipinski definition) is 22. The van der Waals surface area contributed by atoms with Gasteiger partial charge in [0, 0.05) is 12.1 Å². The number of hydrogen-bond donors (Lipinski definition) is 5. The number of aromatic carboxylic acids is 2. The number of nitrogen functional groups attached to an aromatic ring is 2. The third-order valence-electron chi connectivity index (χ3n) is 8.46. The summed E-state index contributed by atoms with van der Waals surface area (Å²) in [7, 11) is 0. The molecule has 63 heavy (non-hydrogen) atoms. The maximum Gasteiger partial charge on any atom is 0.335 e. The van der Waals surface area contributed by atoms with E-state index in [0.29, 0.717) is 0 Å². The fourth-order valence-corrected chi connectivity index (χ4v) is 5.67. The Morgan fingerprint density at radius 2 is 1.08 bits per heavy atom. The van der Waals surface area contributed by atoms with Crippen molar-refractivity contribution in [3.63, 3.8) is 0 Å². The lowest BCUT2D eigenvalue weighted by molar-refractivity contribution is -0.121. The number of carboxylic acids is 2. The molecule has 5 aromatic heterocycles. The number of azo groups is 2. The summed E-state index contributed by atoms with van der Waals surface area (Å²) >= 11 is 0. The van der Waals surface area contributed by atoms with Crippen LogP contribution < -0.4 is 20.9 Å². The molecule has 2 aromatic carbocycles. The van der Waals surface area contributed by atoms with Crippen LogP contribution in [-0.4, -0.2) is 94.3 Å². The molecule has 0 bridgehead atoms. The standard InChI is InChI=1S/C35H23N19O9/c1-15-25(45-47-29-19(9-36)11-40-51(29)21-3-17(31(57)58)5-23(7-21)62-13-55)27(38)53(49-15)33-42-34(44-35(61)43-33)54-28(39)26(16(2)50-54)46-48-30-20(10-37)12-41-52(30)22-4-18(32(59)60)6-24(8-22)63-14-56/h3-8,11-14H,38-39H2,1-2H3,(H,57,58)(H,59,60)(H,42,43,44,61). The highest BCUT2D eigenvalue weighted by molar-refractivity contribution is 5.90. The first-order valence-corrected chi connectivity index (χ1v) is 17.2. The second kappa shape index (κ2) is 16.5. The lowest BCUT2D eigenvalue weighted by Crippen LogP contribution is -2.13. The first-order valence-electron chi connectivity index (χ1n) is 17.2. The number of carboxylic acid groups (broad SMARTS) is 2. The number of aryl methyl sites for hydroxylation is 2. The molecule has 0 aliphatic carbocycles. The minimum Gasteiger partial charge on any atom is -0.479 e. The van der Waals surface area contributed by atoms with Crippen molar-refractivity contribution in [2.45, 2.75) is 13.8 Å². The largest absolute Gasteiger partial charge is 0.479 e. The van der Waals surface area contributed by atoms with Crippen LogP contribution in [0.4, 0.5) is 34.6 Å². The third kappa shape index (κ3) is 7.85. The summed E-state index contributed by atoms with van der Waals surface area (Å²) in [5.74, 6) is -4.41. The van der Waals surface area contributed by atoms with Gasteiger partial charge in [-0.25, -0.2) is 19.0 Å². The Kier molecular flexibility index (Phi) is 10.7. The predicted molar refractivity (Wildman–Crippen MR) is 206 cm³/mol. The zero-order valence-electron chi connectivity index (χ0n) is 31.8. The van der Waals surface area contributed by atoms with E-state index in [1.165, 1.54) is 38.1 Å². The molecule has 0 spiro atoms. The van der Waals surface area contributed by atoms with Gasteiger partial charge in [0.25, 0.3) is 24.8 Å². The molecule has 7 aromatic rings. The van der Waals surface area contributed by atoms with Gasteiger partial charge in [0.1, 0.15) is 34.8 Å². The minimum absolute atomic E-state index is 0.0485. The van der Waals surface area contributed by atoms with Crippen molar-refractivity contribution >= 4 is 59.5 Å². The van der Waals surface area contributed by atoms with Crippen LogP contribution in [-0.2, 0) is 9.59 Å². The molecule has 28 heteroatoms. The summed E-state index contributed by atoms with van der Waals surface area (Å²) in [5.41, 5.74) is 12.5. The number of nitrogens with two attached hydrogens (primary N) is 2. The van der Waals surface area contributed by atoms with Crippen LogP contribution in [0.2, 0.25) is 0 Å². The number of ether oxygens (including phenoxy) is 2. The molecule has 7 rings (SSSR count). The van der Waals surface area contributed by atoms with Crippen LogP contribution in [0.25, 0.3) is 23.3 Å². The van der Waals surface area contributed by atoms with Crippen molar-refractivity contribution in [1.82, 2.24) is 54.1 Å². The number of rotatable bonds is 14. The van der Waals surface area contributed by atoms with E-state index in [2.05, 4.69) is 55.8 Å². The lowest BCUT2D eigenvalue weighted by Gasteiger charge is -2.08. The molecule has 0 saturated heterocycles. The van der Waals surface area contributed by atoms with E-state index in [9.17, 15) is 45.0 Å². The Morgan fingerprint density at radius 3 is 1.44 bits per heavy atom. The molecule has 0 aliphatic rings. The number of carbonyl (C=O) groups is 4. The number of nitrogens with zero attached hydrogens (tertiary/aromatic N) is 17. The zero-order chi connectivity index (χ0) is 45.1. The van der Waals surface area contributed by atoms with Crippen molar-refractivity contribution in [2.24, 2.45) is 20.5 Å². The van der Waals surface area contributed by atoms with Gasteiger partial charge in [-0.1, -0.05) is 0 Å². The number of carbonyl (C=O) groups excluding carboxylic acids is 2. The van der Waals surface area contributed by atoms with Gasteiger partial charge in [-0.2, -0.15) is 55.2 Å². The fraction of sp³-hybridized carbons (Fsp3) is 0.0571. The van der Waals surface area contributed by atoms with Gasteiger partial charge in [-0.3, -0.25) is 9.59 Å². The molecule has 5 heterocycles. The van der Waals surface area contributed by atoms with Gasteiger partial charge >= 0.3 is 17.9 Å². The second-order valence-electron chi connectivity index (χ2n) is 12.4. The topological polar surface area (TPSA) is 406 Å². The van der Waals surface area contributed by atoms with Crippen LogP contribution in [0, 0.1) is 36.5 Å². The third-order valence-corrected chi connectivity index (χ3v) is 8.46. The summed E-state index contributed by atoms with van der Waals surface area (Å²) < 4.78 is 13.8. The first-order chi connectivity index (χ1) is 30.2. The highest BCUT2D eigenvalue weighted by Gasteiger charge is 2.23. The Morgan fingerprint density at radius 1 is 0.667 bits per heavy atom. The molecule has 312 valence electrons. The summed E-state index contributed by atoms with van der Waals surface area (Å²) in [4.78, 5) is 57.6. The zero-order valence-corrected chi connectivity index (χ0v) is 31.8. The fourth-order valence-electron chi connectivity index (χ4n) is 5.67. The van der Waals surface area contributed by atoms with Crippen LogP contribution in [0.15, 0.2) is 69.2 Å². The molecular formula is C35H23N19O9. The van der Waals surface area contributed by atoms with Crippen LogP contribution in [0.5, 0.6) is 17.5 Å². The van der Waals surface area contributed by atoms with Crippen molar-refractivity contribution < 1.29 is 44.0 Å². The highest BCUT2D eigenvalue weighted by Crippen LogP contribution is 2.35. The van der Waals surface area contributed by atoms with Crippen molar-refractivity contribution in [3.8, 4) is 52.9 Å². The van der Waals surface area contributed by atoms with Crippen LogP contribution in [0.3, 0.4) is 0 Å².